The predicted octanol–water partition coefficient (Wildman–Crippen LogP) is 4.40. The molecule has 1 aromatic carbocycles. The highest BCUT2D eigenvalue weighted by Crippen LogP contribution is 2.31. The zero-order chi connectivity index (χ0) is 15.2. The molecule has 1 atom stereocenters. The van der Waals surface area contributed by atoms with Crippen LogP contribution in [0, 0.1) is 17.2 Å². The van der Waals surface area contributed by atoms with E-state index in [1.54, 1.807) is 29.2 Å². The third kappa shape index (κ3) is 3.86. The van der Waals surface area contributed by atoms with Gasteiger partial charge >= 0.3 is 0 Å². The van der Waals surface area contributed by atoms with E-state index in [1.807, 2.05) is 7.05 Å². The van der Waals surface area contributed by atoms with Gasteiger partial charge < -0.3 is 4.90 Å². The molecule has 1 aromatic rings. The molecule has 0 unspecified atom stereocenters. The maximum Gasteiger partial charge on any atom is 0.257 e. The molecule has 0 aliphatic heterocycles. The largest absolute Gasteiger partial charge is 0.315 e. The topological polar surface area (TPSA) is 44.1 Å². The first-order chi connectivity index (χ1) is 10.1. The molecule has 0 heterocycles. The molecule has 0 saturated carbocycles. The maximum atomic E-state index is 12.6. The second-order valence-electron chi connectivity index (χ2n) is 5.32. The van der Waals surface area contributed by atoms with Gasteiger partial charge in [-0.2, -0.15) is 5.26 Å². The number of hydrogen-bond donors (Lipinski definition) is 0. The summed E-state index contributed by atoms with van der Waals surface area (Å²) in [6.45, 7) is 0. The minimum atomic E-state index is -0.0261. The van der Waals surface area contributed by atoms with Crippen LogP contribution in [-0.4, -0.2) is 17.9 Å². The van der Waals surface area contributed by atoms with Crippen molar-refractivity contribution in [2.24, 2.45) is 5.92 Å². The highest BCUT2D eigenvalue weighted by molar-refractivity contribution is 6.30. The van der Waals surface area contributed by atoms with Gasteiger partial charge in [0.25, 0.3) is 5.91 Å². The maximum absolute atomic E-state index is 12.6. The second-order valence-corrected chi connectivity index (χ2v) is 5.76. The zero-order valence-electron chi connectivity index (χ0n) is 12.2. The molecular formula is C17H19ClN2O. The summed E-state index contributed by atoms with van der Waals surface area (Å²) in [6.07, 6.45) is 6.66. The standard InChI is InChI=1S/C17H19ClN2O/c1-20(17(21)14-8-10-15(18)11-9-14)16-7-3-2-5-13(16)6-4-12-19/h7-11,13H,2-6H2,1H3/t13-/m0/s1. The minimum absolute atomic E-state index is 0.0261. The van der Waals surface area contributed by atoms with Crippen LogP contribution in [0.1, 0.15) is 42.5 Å². The van der Waals surface area contributed by atoms with Crippen molar-refractivity contribution in [3.63, 3.8) is 0 Å². The van der Waals surface area contributed by atoms with Crippen LogP contribution in [0.15, 0.2) is 36.0 Å². The van der Waals surface area contributed by atoms with Gasteiger partial charge in [-0.1, -0.05) is 17.7 Å². The van der Waals surface area contributed by atoms with Gasteiger partial charge in [-0.3, -0.25) is 4.79 Å². The molecular weight excluding hydrogens is 284 g/mol. The summed E-state index contributed by atoms with van der Waals surface area (Å²) in [5.74, 6) is 0.279. The van der Waals surface area contributed by atoms with E-state index in [2.05, 4.69) is 12.1 Å². The number of carbonyl (C=O) groups excluding carboxylic acids is 1. The van der Waals surface area contributed by atoms with Crippen LogP contribution in [0.25, 0.3) is 0 Å². The Balaban J connectivity index is 2.15. The van der Waals surface area contributed by atoms with Crippen LogP contribution in [-0.2, 0) is 0 Å². The van der Waals surface area contributed by atoms with E-state index in [0.29, 0.717) is 22.9 Å². The quantitative estimate of drug-likeness (QED) is 0.827. The van der Waals surface area contributed by atoms with Gasteiger partial charge in [0.2, 0.25) is 0 Å². The molecule has 0 spiro atoms. The van der Waals surface area contributed by atoms with Gasteiger partial charge in [0.15, 0.2) is 0 Å². The molecule has 110 valence electrons. The molecule has 4 heteroatoms. The number of nitrogens with zero attached hydrogens (tertiary/aromatic N) is 2. The van der Waals surface area contributed by atoms with Crippen LogP contribution < -0.4 is 0 Å². The second kappa shape index (κ2) is 7.28. The lowest BCUT2D eigenvalue weighted by Gasteiger charge is -2.30. The van der Waals surface area contributed by atoms with Gasteiger partial charge in [0, 0.05) is 29.8 Å². The number of allylic oxidation sites excluding steroid dienone is 2. The minimum Gasteiger partial charge on any atom is -0.315 e. The van der Waals surface area contributed by atoms with Crippen molar-refractivity contribution in [1.29, 1.82) is 5.26 Å². The molecule has 2 rings (SSSR count). The fourth-order valence-electron chi connectivity index (χ4n) is 2.77. The SMILES string of the molecule is CN(C(=O)c1ccc(Cl)cc1)C1=CCCC[C@H]1CCC#N. The van der Waals surface area contributed by atoms with Gasteiger partial charge in [0.05, 0.1) is 6.07 Å². The Hall–Kier alpha value is -1.79. The van der Waals surface area contributed by atoms with Gasteiger partial charge in [-0.15, -0.1) is 0 Å². The predicted molar refractivity (Wildman–Crippen MR) is 83.8 cm³/mol. The molecule has 0 N–H and O–H groups in total. The summed E-state index contributed by atoms with van der Waals surface area (Å²) in [5, 5.41) is 9.40. The number of rotatable bonds is 4. The molecule has 0 fully saturated rings. The van der Waals surface area contributed by atoms with E-state index in [-0.39, 0.29) is 5.91 Å². The number of hydrogen-bond acceptors (Lipinski definition) is 2. The van der Waals surface area contributed by atoms with Crippen LogP contribution >= 0.6 is 11.6 Å². The van der Waals surface area contributed by atoms with E-state index in [0.717, 1.165) is 31.4 Å². The van der Waals surface area contributed by atoms with Crippen LogP contribution in [0.4, 0.5) is 0 Å². The lowest BCUT2D eigenvalue weighted by molar-refractivity contribution is 0.0816. The number of amides is 1. The summed E-state index contributed by atoms with van der Waals surface area (Å²) in [7, 11) is 1.81. The first-order valence-corrected chi connectivity index (χ1v) is 7.62. The number of benzene rings is 1. The average Bonchev–Trinajstić information content (AvgIpc) is 2.52. The highest BCUT2D eigenvalue weighted by atomic mass is 35.5. The molecule has 0 aromatic heterocycles. The molecule has 0 saturated heterocycles. The monoisotopic (exact) mass is 302 g/mol. The van der Waals surface area contributed by atoms with E-state index >= 15 is 0 Å². The first-order valence-electron chi connectivity index (χ1n) is 7.24. The van der Waals surface area contributed by atoms with Crippen LogP contribution in [0.2, 0.25) is 5.02 Å². The molecule has 21 heavy (non-hydrogen) atoms. The van der Waals surface area contributed by atoms with Crippen LogP contribution in [0.5, 0.6) is 0 Å². The molecule has 1 amide bonds. The number of carbonyl (C=O) groups is 1. The highest BCUT2D eigenvalue weighted by Gasteiger charge is 2.24. The fraction of sp³-hybridized carbons (Fsp3) is 0.412. The lowest BCUT2D eigenvalue weighted by atomic mass is 9.88. The van der Waals surface area contributed by atoms with Crippen molar-refractivity contribution in [2.75, 3.05) is 7.05 Å². The average molecular weight is 303 g/mol. The molecule has 3 nitrogen and oxygen atoms in total. The van der Waals surface area contributed by atoms with E-state index in [1.165, 1.54) is 0 Å². The third-order valence-electron chi connectivity index (χ3n) is 3.92. The van der Waals surface area contributed by atoms with Crippen molar-refractivity contribution >= 4 is 17.5 Å². The van der Waals surface area contributed by atoms with Crippen molar-refractivity contribution in [1.82, 2.24) is 4.90 Å². The molecule has 1 aliphatic rings. The van der Waals surface area contributed by atoms with Crippen molar-refractivity contribution < 1.29 is 4.79 Å². The van der Waals surface area contributed by atoms with E-state index in [4.69, 9.17) is 16.9 Å². The Morgan fingerprint density at radius 1 is 1.43 bits per heavy atom. The van der Waals surface area contributed by atoms with Crippen molar-refractivity contribution in [3.05, 3.63) is 46.6 Å². The first kappa shape index (κ1) is 15.6. The van der Waals surface area contributed by atoms with Gasteiger partial charge in [-0.05, 0) is 55.9 Å². The van der Waals surface area contributed by atoms with Crippen molar-refractivity contribution in [3.8, 4) is 6.07 Å². The summed E-state index contributed by atoms with van der Waals surface area (Å²) in [4.78, 5) is 14.3. The Morgan fingerprint density at radius 2 is 2.14 bits per heavy atom. The number of nitriles is 1. The Bertz CT molecular complexity index is 571. The number of halogens is 1. The summed E-state index contributed by atoms with van der Waals surface area (Å²) < 4.78 is 0. The summed E-state index contributed by atoms with van der Waals surface area (Å²) in [6, 6.07) is 9.14. The summed E-state index contributed by atoms with van der Waals surface area (Å²) >= 11 is 5.86. The van der Waals surface area contributed by atoms with Gasteiger partial charge in [-0.25, -0.2) is 0 Å². The van der Waals surface area contributed by atoms with Gasteiger partial charge in [0.1, 0.15) is 0 Å². The molecule has 1 aliphatic carbocycles. The van der Waals surface area contributed by atoms with E-state index < -0.39 is 0 Å². The summed E-state index contributed by atoms with van der Waals surface area (Å²) in [5.41, 5.74) is 1.68. The van der Waals surface area contributed by atoms with Crippen molar-refractivity contribution in [2.45, 2.75) is 32.1 Å². The third-order valence-corrected chi connectivity index (χ3v) is 4.17. The molecule has 0 radical (unpaired) electrons. The Kier molecular flexibility index (Phi) is 5.41. The van der Waals surface area contributed by atoms with Crippen LogP contribution in [0.3, 0.4) is 0 Å². The normalized spacial score (nSPS) is 17.8. The van der Waals surface area contributed by atoms with E-state index in [9.17, 15) is 4.79 Å². The fourth-order valence-corrected chi connectivity index (χ4v) is 2.90. The smallest absolute Gasteiger partial charge is 0.257 e. The Morgan fingerprint density at radius 3 is 2.81 bits per heavy atom. The lowest BCUT2D eigenvalue weighted by Crippen LogP contribution is -2.31. The zero-order valence-corrected chi connectivity index (χ0v) is 12.9. The molecule has 0 bridgehead atoms. The Labute approximate surface area is 130 Å².